The first-order chi connectivity index (χ1) is 18.1. The van der Waals surface area contributed by atoms with E-state index in [0.717, 1.165) is 36.1 Å². The number of piperidine rings is 1. The highest BCUT2D eigenvalue weighted by Gasteiger charge is 2.43. The first kappa shape index (κ1) is 25.6. The molecule has 1 N–H and O–H groups in total. The van der Waals surface area contributed by atoms with Crippen LogP contribution in [-0.4, -0.2) is 69.6 Å². The van der Waals surface area contributed by atoms with E-state index in [4.69, 9.17) is 0 Å². The number of aromatic nitrogens is 3. The van der Waals surface area contributed by atoms with Crippen molar-refractivity contribution in [1.29, 1.82) is 0 Å². The lowest BCUT2D eigenvalue weighted by Gasteiger charge is -2.43. The van der Waals surface area contributed by atoms with Gasteiger partial charge in [-0.2, -0.15) is 5.10 Å². The first-order valence-electron chi connectivity index (χ1n) is 13.0. The Morgan fingerprint density at radius 2 is 1.71 bits per heavy atom. The Bertz CT molecular complexity index is 1400. The third-order valence-corrected chi connectivity index (χ3v) is 7.78. The predicted molar refractivity (Wildman–Crippen MR) is 144 cm³/mol. The Morgan fingerprint density at radius 3 is 2.32 bits per heavy atom. The van der Waals surface area contributed by atoms with E-state index in [0.29, 0.717) is 36.6 Å². The highest BCUT2D eigenvalue weighted by atomic mass is 16.4. The molecular formula is C29H33N5O4. The Labute approximate surface area is 222 Å². The molecule has 1 spiro atoms. The summed E-state index contributed by atoms with van der Waals surface area (Å²) in [6, 6.07) is 10.2. The number of Topliss-reactive ketones (excluding diaryl/α,β-unsaturated/α-hetero) is 1. The monoisotopic (exact) mass is 515 g/mol. The highest BCUT2D eigenvalue weighted by Crippen LogP contribution is 2.44. The van der Waals surface area contributed by atoms with Crippen molar-refractivity contribution in [1.82, 2.24) is 19.7 Å². The fourth-order valence-corrected chi connectivity index (χ4v) is 5.64. The largest absolute Gasteiger partial charge is 0.478 e. The molecule has 9 heteroatoms. The van der Waals surface area contributed by atoms with Crippen molar-refractivity contribution < 1.29 is 19.5 Å². The maximum atomic E-state index is 13.6. The van der Waals surface area contributed by atoms with E-state index < -0.39 is 5.97 Å². The summed E-state index contributed by atoms with van der Waals surface area (Å²) < 4.78 is 1.84. The van der Waals surface area contributed by atoms with Crippen LogP contribution < -0.4 is 4.90 Å². The number of ketones is 1. The number of benzene rings is 1. The number of nitrogens with zero attached hydrogens (tertiary/aromatic N) is 5. The molecule has 1 saturated heterocycles. The molecule has 198 valence electrons. The summed E-state index contributed by atoms with van der Waals surface area (Å²) in [5, 5.41) is 13.7. The molecule has 0 radical (unpaired) electrons. The maximum Gasteiger partial charge on any atom is 0.335 e. The number of carboxylic acid groups (broad SMARTS) is 1. The quantitative estimate of drug-likeness (QED) is 0.538. The fraction of sp³-hybridized carbons (Fsp3) is 0.414. The zero-order valence-corrected chi connectivity index (χ0v) is 22.3. The fourth-order valence-electron chi connectivity index (χ4n) is 5.64. The van der Waals surface area contributed by atoms with E-state index in [1.54, 1.807) is 24.3 Å². The van der Waals surface area contributed by atoms with E-state index in [1.807, 2.05) is 48.6 Å². The number of fused-ring (bicyclic) bond motifs is 1. The second-order valence-electron chi connectivity index (χ2n) is 11.0. The summed E-state index contributed by atoms with van der Waals surface area (Å²) in [6.07, 6.45) is 4.70. The van der Waals surface area contributed by atoms with E-state index in [1.165, 1.54) is 12.1 Å². The summed E-state index contributed by atoms with van der Waals surface area (Å²) in [5.74, 6) is -0.256. The molecule has 5 rings (SSSR count). The van der Waals surface area contributed by atoms with Crippen molar-refractivity contribution >= 4 is 23.5 Å². The normalized spacial score (nSPS) is 16.6. The van der Waals surface area contributed by atoms with E-state index in [-0.39, 0.29) is 28.7 Å². The third-order valence-electron chi connectivity index (χ3n) is 7.78. The molecule has 0 atom stereocenters. The van der Waals surface area contributed by atoms with E-state index >= 15 is 0 Å². The maximum absolute atomic E-state index is 13.6. The van der Waals surface area contributed by atoms with Gasteiger partial charge in [0.1, 0.15) is 11.5 Å². The van der Waals surface area contributed by atoms with Gasteiger partial charge in [0.25, 0.3) is 5.91 Å². The lowest BCUT2D eigenvalue weighted by Crippen LogP contribution is -2.46. The summed E-state index contributed by atoms with van der Waals surface area (Å²) in [7, 11) is 3.74. The number of anilines is 1. The summed E-state index contributed by atoms with van der Waals surface area (Å²) in [6.45, 7) is 5.24. The Kier molecular flexibility index (Phi) is 6.54. The number of carbonyl (C=O) groups is 3. The molecule has 3 aromatic rings. The van der Waals surface area contributed by atoms with Crippen molar-refractivity contribution in [2.45, 2.75) is 45.6 Å². The van der Waals surface area contributed by atoms with Gasteiger partial charge in [-0.1, -0.05) is 12.1 Å². The lowest BCUT2D eigenvalue weighted by molar-refractivity contribution is 0.0516. The number of amides is 1. The second-order valence-corrected chi connectivity index (χ2v) is 11.0. The molecule has 2 aromatic heterocycles. The van der Waals surface area contributed by atoms with Crippen LogP contribution >= 0.6 is 0 Å². The van der Waals surface area contributed by atoms with Crippen LogP contribution in [0.25, 0.3) is 11.3 Å². The predicted octanol–water partition coefficient (Wildman–Crippen LogP) is 4.34. The van der Waals surface area contributed by atoms with Crippen LogP contribution in [0, 0.1) is 5.41 Å². The molecule has 38 heavy (non-hydrogen) atoms. The number of carbonyl (C=O) groups excluding carboxylic acids is 2. The first-order valence-corrected chi connectivity index (χ1v) is 13.0. The molecule has 0 unspecified atom stereocenters. The molecule has 2 aliphatic rings. The van der Waals surface area contributed by atoms with Gasteiger partial charge in [0.2, 0.25) is 0 Å². The highest BCUT2D eigenvalue weighted by molar-refractivity contribution is 5.98. The average Bonchev–Trinajstić information content (AvgIpc) is 3.33. The standard InChI is InChI=1S/C29H33N5O4/c1-18(2)34-26-22(17-30-34)15-29(16-24(26)35)9-11-33(12-10-29)27(36)21-13-23(31-25(14-21)32(3)4)19-5-7-20(8-6-19)28(37)38/h5-8,13-14,17-18H,9-12,15-16H2,1-4H3,(H,37,38). The lowest BCUT2D eigenvalue weighted by atomic mass is 9.67. The minimum atomic E-state index is -0.991. The van der Waals surface area contributed by atoms with Gasteiger partial charge in [-0.15, -0.1) is 0 Å². The van der Waals surface area contributed by atoms with Crippen molar-refractivity contribution in [3.63, 3.8) is 0 Å². The summed E-state index contributed by atoms with van der Waals surface area (Å²) in [5.41, 5.74) is 3.73. The van der Waals surface area contributed by atoms with Crippen molar-refractivity contribution in [2.24, 2.45) is 5.41 Å². The average molecular weight is 516 g/mol. The van der Waals surface area contributed by atoms with Gasteiger partial charge in [0, 0.05) is 56.3 Å². The third kappa shape index (κ3) is 4.68. The molecule has 1 fully saturated rings. The molecular weight excluding hydrogens is 482 g/mol. The smallest absolute Gasteiger partial charge is 0.335 e. The minimum Gasteiger partial charge on any atom is -0.478 e. The number of hydrogen-bond acceptors (Lipinski definition) is 6. The zero-order chi connectivity index (χ0) is 27.2. The van der Waals surface area contributed by atoms with Crippen LogP contribution in [0.3, 0.4) is 0 Å². The van der Waals surface area contributed by atoms with Gasteiger partial charge in [0.05, 0.1) is 17.5 Å². The zero-order valence-electron chi connectivity index (χ0n) is 22.3. The Hall–Kier alpha value is -4.01. The van der Waals surface area contributed by atoms with Gasteiger partial charge in [-0.3, -0.25) is 14.3 Å². The van der Waals surface area contributed by atoms with Crippen LogP contribution in [0.2, 0.25) is 0 Å². The Morgan fingerprint density at radius 1 is 1.03 bits per heavy atom. The van der Waals surface area contributed by atoms with Crippen molar-refractivity contribution in [3.8, 4) is 11.3 Å². The number of aromatic carboxylic acids is 1. The van der Waals surface area contributed by atoms with Crippen LogP contribution in [0.4, 0.5) is 5.82 Å². The number of pyridine rings is 1. The summed E-state index contributed by atoms with van der Waals surface area (Å²) in [4.78, 5) is 46.4. The summed E-state index contributed by atoms with van der Waals surface area (Å²) >= 11 is 0. The molecule has 1 amide bonds. The molecule has 1 aliphatic heterocycles. The van der Waals surface area contributed by atoms with Crippen LogP contribution in [0.1, 0.15) is 75.9 Å². The van der Waals surface area contributed by atoms with Gasteiger partial charge < -0.3 is 14.9 Å². The van der Waals surface area contributed by atoms with Crippen molar-refractivity contribution in [2.75, 3.05) is 32.1 Å². The molecule has 9 nitrogen and oxygen atoms in total. The van der Waals surface area contributed by atoms with Crippen molar-refractivity contribution in [3.05, 3.63) is 65.0 Å². The molecule has 0 bridgehead atoms. The van der Waals surface area contributed by atoms with Gasteiger partial charge in [-0.25, -0.2) is 9.78 Å². The number of likely N-dealkylation sites (tertiary alicyclic amines) is 1. The van der Waals surface area contributed by atoms with E-state index in [9.17, 15) is 19.5 Å². The van der Waals surface area contributed by atoms with Gasteiger partial charge in [0.15, 0.2) is 5.78 Å². The SMILES string of the molecule is CC(C)n1ncc2c1C(=O)CC1(CCN(C(=O)c3cc(-c4ccc(C(=O)O)cc4)nc(N(C)C)c3)CC1)C2. The van der Waals surface area contributed by atoms with E-state index in [2.05, 4.69) is 10.1 Å². The van der Waals surface area contributed by atoms with Gasteiger partial charge in [-0.05, 0) is 62.8 Å². The second kappa shape index (κ2) is 9.70. The molecule has 1 aromatic carbocycles. The number of rotatable bonds is 5. The minimum absolute atomic E-state index is 0.0655. The van der Waals surface area contributed by atoms with Crippen LogP contribution in [0.15, 0.2) is 42.6 Å². The molecule has 0 saturated carbocycles. The topological polar surface area (TPSA) is 109 Å². The number of carboxylic acids is 1. The number of hydrogen-bond donors (Lipinski definition) is 1. The van der Waals surface area contributed by atoms with Crippen LogP contribution in [0.5, 0.6) is 0 Å². The molecule has 3 heterocycles. The Balaban J connectivity index is 1.35. The van der Waals surface area contributed by atoms with Gasteiger partial charge >= 0.3 is 5.97 Å². The molecule has 1 aliphatic carbocycles. The van der Waals surface area contributed by atoms with Crippen LogP contribution in [-0.2, 0) is 6.42 Å².